The Kier molecular flexibility index (Phi) is 4.25. The van der Waals surface area contributed by atoms with E-state index in [0.29, 0.717) is 24.2 Å². The molecule has 0 radical (unpaired) electrons. The van der Waals surface area contributed by atoms with Crippen molar-refractivity contribution in [2.75, 3.05) is 13.1 Å². The van der Waals surface area contributed by atoms with Gasteiger partial charge in [0.25, 0.3) is 0 Å². The Morgan fingerprint density at radius 1 is 1.26 bits per heavy atom. The van der Waals surface area contributed by atoms with Crippen molar-refractivity contribution in [3.8, 4) is 0 Å². The summed E-state index contributed by atoms with van der Waals surface area (Å²) in [6.07, 6.45) is 6.83. The van der Waals surface area contributed by atoms with Crippen LogP contribution in [0.5, 0.6) is 0 Å². The molecule has 4 rings (SSSR count). The number of ether oxygens (including phenoxy) is 1. The number of nitrogens with one attached hydrogen (secondary N) is 2. The molecule has 4 unspecified atom stereocenters. The van der Waals surface area contributed by atoms with Crippen LogP contribution in [-0.2, 0) is 11.2 Å². The molecule has 0 saturated carbocycles. The molecule has 0 spiro atoms. The number of aliphatic imine (C=N–C) groups is 1. The largest absolute Gasteiger partial charge is 0.373 e. The molecule has 1 aliphatic carbocycles. The Hall–Kier alpha value is -1.55. The normalized spacial score (nSPS) is 32.1. The molecule has 1 aromatic rings. The van der Waals surface area contributed by atoms with Crippen LogP contribution in [0.2, 0.25) is 0 Å². The van der Waals surface area contributed by atoms with E-state index in [0.717, 1.165) is 25.5 Å². The topological polar surface area (TPSA) is 45.7 Å². The predicted octanol–water partition coefficient (Wildman–Crippen LogP) is 2.59. The van der Waals surface area contributed by atoms with Gasteiger partial charge in [0.2, 0.25) is 0 Å². The minimum atomic E-state index is 0.385. The van der Waals surface area contributed by atoms with E-state index in [9.17, 15) is 0 Å². The Morgan fingerprint density at radius 3 is 2.96 bits per heavy atom. The Labute approximate surface area is 138 Å². The molecular weight excluding hydrogens is 286 g/mol. The Balaban J connectivity index is 1.40. The Morgan fingerprint density at radius 2 is 2.17 bits per heavy atom. The van der Waals surface area contributed by atoms with Gasteiger partial charge >= 0.3 is 0 Å². The van der Waals surface area contributed by atoms with Gasteiger partial charge in [-0.3, -0.25) is 4.99 Å². The predicted molar refractivity (Wildman–Crippen MR) is 92.9 cm³/mol. The maximum Gasteiger partial charge on any atom is 0.191 e. The molecule has 2 bridgehead atoms. The van der Waals surface area contributed by atoms with Crippen molar-refractivity contribution in [3.63, 3.8) is 0 Å². The lowest BCUT2D eigenvalue weighted by Gasteiger charge is -2.23. The molecule has 2 N–H and O–H groups in total. The lowest BCUT2D eigenvalue weighted by molar-refractivity contribution is 0.0992. The van der Waals surface area contributed by atoms with E-state index in [2.05, 4.69) is 41.8 Å². The van der Waals surface area contributed by atoms with Crippen molar-refractivity contribution < 1.29 is 4.74 Å². The van der Waals surface area contributed by atoms with Crippen molar-refractivity contribution in [2.45, 2.75) is 63.2 Å². The maximum absolute atomic E-state index is 5.94. The number of nitrogens with zero attached hydrogens (tertiary/aromatic N) is 1. The average Bonchev–Trinajstić information content (AvgIpc) is 3.28. The monoisotopic (exact) mass is 313 g/mol. The van der Waals surface area contributed by atoms with Gasteiger partial charge < -0.3 is 15.4 Å². The second kappa shape index (κ2) is 6.52. The van der Waals surface area contributed by atoms with E-state index in [-0.39, 0.29) is 0 Å². The van der Waals surface area contributed by atoms with Crippen LogP contribution in [-0.4, -0.2) is 37.3 Å². The van der Waals surface area contributed by atoms with E-state index in [1.54, 1.807) is 0 Å². The zero-order valence-electron chi connectivity index (χ0n) is 13.9. The fourth-order valence-electron chi connectivity index (χ4n) is 4.32. The number of benzene rings is 1. The van der Waals surface area contributed by atoms with Crippen LogP contribution in [0, 0.1) is 0 Å². The average molecular weight is 313 g/mol. The fourth-order valence-corrected chi connectivity index (χ4v) is 4.32. The molecule has 4 heteroatoms. The van der Waals surface area contributed by atoms with Gasteiger partial charge in [-0.25, -0.2) is 0 Å². The lowest BCUT2D eigenvalue weighted by Crippen LogP contribution is -2.47. The summed E-state index contributed by atoms with van der Waals surface area (Å²) in [5, 5.41) is 7.01. The first-order valence-electron chi connectivity index (χ1n) is 9.11. The van der Waals surface area contributed by atoms with Crippen LogP contribution in [0.25, 0.3) is 0 Å². The molecule has 0 aromatic heterocycles. The third-order valence-corrected chi connectivity index (χ3v) is 5.50. The molecule has 3 aliphatic rings. The van der Waals surface area contributed by atoms with Crippen LogP contribution in [0.1, 0.15) is 49.7 Å². The SMILES string of the molecule is CCNC(=NCC1CCc2ccccc21)NC1CC2CCC1O2. The number of aryl methyl sites for hydroxylation is 1. The lowest BCUT2D eigenvalue weighted by atomic mass is 9.96. The summed E-state index contributed by atoms with van der Waals surface area (Å²) < 4.78 is 5.94. The summed E-state index contributed by atoms with van der Waals surface area (Å²) in [7, 11) is 0. The van der Waals surface area contributed by atoms with Gasteiger partial charge in [0.15, 0.2) is 5.96 Å². The van der Waals surface area contributed by atoms with Crippen LogP contribution in [0.4, 0.5) is 0 Å². The van der Waals surface area contributed by atoms with Crippen molar-refractivity contribution in [3.05, 3.63) is 35.4 Å². The van der Waals surface area contributed by atoms with E-state index in [1.807, 2.05) is 0 Å². The molecule has 23 heavy (non-hydrogen) atoms. The molecule has 2 aliphatic heterocycles. The zero-order valence-corrected chi connectivity index (χ0v) is 13.9. The van der Waals surface area contributed by atoms with Crippen LogP contribution >= 0.6 is 0 Å². The molecule has 0 amide bonds. The summed E-state index contributed by atoms with van der Waals surface area (Å²) in [5.74, 6) is 1.52. The van der Waals surface area contributed by atoms with Crippen molar-refractivity contribution in [2.24, 2.45) is 4.99 Å². The minimum absolute atomic E-state index is 0.385. The third-order valence-electron chi connectivity index (χ3n) is 5.50. The molecule has 2 fully saturated rings. The highest BCUT2D eigenvalue weighted by Crippen LogP contribution is 2.35. The van der Waals surface area contributed by atoms with E-state index >= 15 is 0 Å². The quantitative estimate of drug-likeness (QED) is 0.663. The molecule has 2 heterocycles. The summed E-state index contributed by atoms with van der Waals surface area (Å²) in [5.41, 5.74) is 3.00. The number of guanidine groups is 1. The summed E-state index contributed by atoms with van der Waals surface area (Å²) in [6.45, 7) is 3.89. The fraction of sp³-hybridized carbons (Fsp3) is 0.632. The van der Waals surface area contributed by atoms with Gasteiger partial charge in [0, 0.05) is 19.0 Å². The zero-order chi connectivity index (χ0) is 15.6. The van der Waals surface area contributed by atoms with Crippen molar-refractivity contribution >= 4 is 5.96 Å². The second-order valence-corrected chi connectivity index (χ2v) is 7.01. The molecular formula is C19H27N3O. The van der Waals surface area contributed by atoms with Crippen LogP contribution in [0.15, 0.2) is 29.3 Å². The highest BCUT2D eigenvalue weighted by molar-refractivity contribution is 5.80. The van der Waals surface area contributed by atoms with Gasteiger partial charge in [0.1, 0.15) is 0 Å². The first-order chi connectivity index (χ1) is 11.3. The van der Waals surface area contributed by atoms with Gasteiger partial charge in [-0.1, -0.05) is 24.3 Å². The summed E-state index contributed by atoms with van der Waals surface area (Å²) in [6, 6.07) is 9.26. The smallest absolute Gasteiger partial charge is 0.191 e. The summed E-state index contributed by atoms with van der Waals surface area (Å²) >= 11 is 0. The molecule has 1 aromatic carbocycles. The Bertz CT molecular complexity index is 586. The highest BCUT2D eigenvalue weighted by Gasteiger charge is 2.41. The second-order valence-electron chi connectivity index (χ2n) is 7.01. The highest BCUT2D eigenvalue weighted by atomic mass is 16.5. The standard InChI is InChI=1S/C19H27N3O/c1-2-20-19(22-17-11-15-9-10-18(17)23-15)21-12-14-8-7-13-5-3-4-6-16(13)14/h3-6,14-15,17-18H,2,7-12H2,1H3,(H2,20,21,22). The van der Waals surface area contributed by atoms with E-state index < -0.39 is 0 Å². The summed E-state index contributed by atoms with van der Waals surface area (Å²) in [4.78, 5) is 4.88. The van der Waals surface area contributed by atoms with Crippen LogP contribution in [0.3, 0.4) is 0 Å². The van der Waals surface area contributed by atoms with Gasteiger partial charge in [-0.2, -0.15) is 0 Å². The van der Waals surface area contributed by atoms with Crippen molar-refractivity contribution in [1.29, 1.82) is 0 Å². The number of fused-ring (bicyclic) bond motifs is 3. The van der Waals surface area contributed by atoms with Gasteiger partial charge in [0.05, 0.1) is 18.2 Å². The first-order valence-corrected chi connectivity index (χ1v) is 9.11. The van der Waals surface area contributed by atoms with Gasteiger partial charge in [-0.05, 0) is 50.2 Å². The molecule has 4 nitrogen and oxygen atoms in total. The molecule has 124 valence electrons. The third kappa shape index (κ3) is 3.09. The molecule has 4 atom stereocenters. The number of hydrogen-bond donors (Lipinski definition) is 2. The number of rotatable bonds is 4. The molecule has 2 saturated heterocycles. The number of hydrogen-bond acceptors (Lipinski definition) is 2. The van der Waals surface area contributed by atoms with E-state index in [1.165, 1.54) is 36.8 Å². The van der Waals surface area contributed by atoms with Crippen LogP contribution < -0.4 is 10.6 Å². The first kappa shape index (κ1) is 15.0. The minimum Gasteiger partial charge on any atom is -0.373 e. The van der Waals surface area contributed by atoms with Crippen molar-refractivity contribution in [1.82, 2.24) is 10.6 Å². The van der Waals surface area contributed by atoms with E-state index in [4.69, 9.17) is 9.73 Å². The van der Waals surface area contributed by atoms with Gasteiger partial charge in [-0.15, -0.1) is 0 Å². The maximum atomic E-state index is 5.94.